The molecule has 5 heteroatoms. The predicted octanol–water partition coefficient (Wildman–Crippen LogP) is 8.44. The van der Waals surface area contributed by atoms with Gasteiger partial charge < -0.3 is 13.5 Å². The molecule has 0 radical (unpaired) electrons. The van der Waals surface area contributed by atoms with Crippen molar-refractivity contribution in [3.05, 3.63) is 158 Å². The zero-order valence-corrected chi connectivity index (χ0v) is 23.9. The SMILES string of the molecule is c1ccc(P(Oc2ccc3oc4ccc(OP(c5ccccc5)c5ccccc5)cc4c3c2)c2ccccc2)cc1. The van der Waals surface area contributed by atoms with Crippen LogP contribution < -0.4 is 30.3 Å². The summed E-state index contributed by atoms with van der Waals surface area (Å²) < 4.78 is 19.6. The minimum atomic E-state index is -1.03. The summed E-state index contributed by atoms with van der Waals surface area (Å²) in [6.45, 7) is 0. The van der Waals surface area contributed by atoms with E-state index in [9.17, 15) is 0 Å². The van der Waals surface area contributed by atoms with Gasteiger partial charge in [0, 0.05) is 32.0 Å². The molecule has 1 heterocycles. The molecule has 3 nitrogen and oxygen atoms in total. The van der Waals surface area contributed by atoms with Crippen LogP contribution in [-0.4, -0.2) is 0 Å². The van der Waals surface area contributed by atoms with Gasteiger partial charge in [-0.05, 0) is 36.4 Å². The average molecular weight is 569 g/mol. The number of fused-ring (bicyclic) bond motifs is 3. The first-order valence-corrected chi connectivity index (χ1v) is 16.0. The van der Waals surface area contributed by atoms with E-state index in [0.717, 1.165) is 54.7 Å². The van der Waals surface area contributed by atoms with Crippen molar-refractivity contribution in [2.45, 2.75) is 0 Å². The fourth-order valence-electron chi connectivity index (χ4n) is 4.82. The van der Waals surface area contributed by atoms with Gasteiger partial charge in [-0.25, -0.2) is 0 Å². The second-order valence-corrected chi connectivity index (χ2v) is 13.1. The van der Waals surface area contributed by atoms with Gasteiger partial charge in [0.15, 0.2) is 16.3 Å². The zero-order chi connectivity index (χ0) is 27.4. The molecule has 41 heavy (non-hydrogen) atoms. The summed E-state index contributed by atoms with van der Waals surface area (Å²) in [6, 6.07) is 53.8. The van der Waals surface area contributed by atoms with E-state index in [0.29, 0.717) is 0 Å². The Kier molecular flexibility index (Phi) is 7.22. The Bertz CT molecular complexity index is 1670. The molecular formula is C36H26O3P2. The molecule has 0 atom stereocenters. The van der Waals surface area contributed by atoms with Crippen molar-refractivity contribution in [1.82, 2.24) is 0 Å². The molecule has 0 fully saturated rings. The Labute approximate surface area is 241 Å². The quantitative estimate of drug-likeness (QED) is 0.173. The van der Waals surface area contributed by atoms with Crippen molar-refractivity contribution in [2.75, 3.05) is 0 Å². The molecule has 0 saturated heterocycles. The van der Waals surface area contributed by atoms with Gasteiger partial charge in [0.25, 0.3) is 0 Å². The number of hydrogen-bond donors (Lipinski definition) is 0. The average Bonchev–Trinajstić information content (AvgIpc) is 3.41. The highest BCUT2D eigenvalue weighted by atomic mass is 31.1. The molecule has 7 rings (SSSR count). The first-order valence-electron chi connectivity index (χ1n) is 13.4. The van der Waals surface area contributed by atoms with Crippen LogP contribution in [0, 0.1) is 0 Å². The van der Waals surface area contributed by atoms with Crippen molar-refractivity contribution in [1.29, 1.82) is 0 Å². The molecule has 0 amide bonds. The van der Waals surface area contributed by atoms with E-state index < -0.39 is 16.3 Å². The van der Waals surface area contributed by atoms with Gasteiger partial charge in [0.1, 0.15) is 22.7 Å². The lowest BCUT2D eigenvalue weighted by Gasteiger charge is -2.19. The smallest absolute Gasteiger partial charge is 0.150 e. The molecule has 0 aliphatic carbocycles. The fourth-order valence-corrected chi connectivity index (χ4v) is 8.26. The van der Waals surface area contributed by atoms with Crippen LogP contribution in [0.15, 0.2) is 162 Å². The summed E-state index contributed by atoms with van der Waals surface area (Å²) in [5.74, 6) is 1.61. The number of benzene rings is 6. The van der Waals surface area contributed by atoms with Crippen LogP contribution in [0.25, 0.3) is 21.9 Å². The summed E-state index contributed by atoms with van der Waals surface area (Å²) in [6.07, 6.45) is 0. The van der Waals surface area contributed by atoms with Crippen LogP contribution in [0.4, 0.5) is 0 Å². The lowest BCUT2D eigenvalue weighted by molar-refractivity contribution is 0.627. The van der Waals surface area contributed by atoms with E-state index in [4.69, 9.17) is 13.5 Å². The summed E-state index contributed by atoms with van der Waals surface area (Å²) in [5.41, 5.74) is 1.64. The maximum atomic E-state index is 6.72. The number of rotatable bonds is 8. The molecule has 0 saturated carbocycles. The maximum Gasteiger partial charge on any atom is 0.150 e. The van der Waals surface area contributed by atoms with E-state index >= 15 is 0 Å². The molecule has 0 bridgehead atoms. The lowest BCUT2D eigenvalue weighted by atomic mass is 10.1. The third-order valence-corrected chi connectivity index (χ3v) is 10.6. The van der Waals surface area contributed by atoms with Crippen molar-refractivity contribution < 1.29 is 13.5 Å². The Hall–Kier alpha value is -4.42. The zero-order valence-electron chi connectivity index (χ0n) is 22.1. The minimum absolute atomic E-state index is 0.807. The summed E-state index contributed by atoms with van der Waals surface area (Å²) >= 11 is 0. The molecule has 198 valence electrons. The third kappa shape index (κ3) is 5.48. The molecule has 0 aliphatic heterocycles. The Balaban J connectivity index is 1.25. The van der Waals surface area contributed by atoms with Crippen LogP contribution in [0.1, 0.15) is 0 Å². The summed E-state index contributed by atoms with van der Waals surface area (Å²) in [5, 5.41) is 6.66. The second kappa shape index (κ2) is 11.6. The van der Waals surface area contributed by atoms with Crippen molar-refractivity contribution in [3.8, 4) is 11.5 Å². The largest absolute Gasteiger partial charge is 0.464 e. The molecule has 6 aromatic carbocycles. The topological polar surface area (TPSA) is 31.6 Å². The highest BCUT2D eigenvalue weighted by molar-refractivity contribution is 7.69. The van der Waals surface area contributed by atoms with Crippen LogP contribution in [0.2, 0.25) is 0 Å². The Morgan fingerprint density at radius 2 is 0.683 bits per heavy atom. The van der Waals surface area contributed by atoms with Gasteiger partial charge in [-0.2, -0.15) is 0 Å². The normalized spacial score (nSPS) is 11.4. The van der Waals surface area contributed by atoms with Gasteiger partial charge >= 0.3 is 0 Å². The molecule has 0 spiro atoms. The Morgan fingerprint density at radius 1 is 0.366 bits per heavy atom. The van der Waals surface area contributed by atoms with E-state index in [1.54, 1.807) is 0 Å². The van der Waals surface area contributed by atoms with Gasteiger partial charge in [-0.1, -0.05) is 121 Å². The van der Waals surface area contributed by atoms with E-state index in [2.05, 4.69) is 109 Å². The van der Waals surface area contributed by atoms with Crippen LogP contribution in [-0.2, 0) is 0 Å². The summed E-state index contributed by atoms with van der Waals surface area (Å²) in [4.78, 5) is 0. The highest BCUT2D eigenvalue weighted by Gasteiger charge is 2.20. The van der Waals surface area contributed by atoms with Gasteiger partial charge in [-0.3, -0.25) is 0 Å². The van der Waals surface area contributed by atoms with Gasteiger partial charge in [0.2, 0.25) is 0 Å². The van der Waals surface area contributed by atoms with E-state index in [-0.39, 0.29) is 0 Å². The monoisotopic (exact) mass is 568 g/mol. The molecule has 1 aromatic heterocycles. The molecule has 0 aliphatic rings. The minimum Gasteiger partial charge on any atom is -0.464 e. The Morgan fingerprint density at radius 3 is 1.00 bits per heavy atom. The molecular weight excluding hydrogens is 542 g/mol. The maximum absolute atomic E-state index is 6.72. The van der Waals surface area contributed by atoms with Crippen LogP contribution in [0.5, 0.6) is 11.5 Å². The molecule has 7 aromatic rings. The van der Waals surface area contributed by atoms with Crippen molar-refractivity contribution in [3.63, 3.8) is 0 Å². The first-order chi connectivity index (χ1) is 20.3. The van der Waals surface area contributed by atoms with Gasteiger partial charge in [-0.15, -0.1) is 0 Å². The van der Waals surface area contributed by atoms with Crippen LogP contribution >= 0.6 is 16.3 Å². The third-order valence-electron chi connectivity index (χ3n) is 6.77. The van der Waals surface area contributed by atoms with Crippen LogP contribution in [0.3, 0.4) is 0 Å². The number of hydrogen-bond acceptors (Lipinski definition) is 3. The van der Waals surface area contributed by atoms with E-state index in [1.165, 1.54) is 0 Å². The summed E-state index contributed by atoms with van der Waals surface area (Å²) in [7, 11) is -2.07. The van der Waals surface area contributed by atoms with Gasteiger partial charge in [0.05, 0.1) is 0 Å². The second-order valence-electron chi connectivity index (χ2n) is 9.53. The highest BCUT2D eigenvalue weighted by Crippen LogP contribution is 2.42. The van der Waals surface area contributed by atoms with Crippen molar-refractivity contribution in [2.24, 2.45) is 0 Å². The molecule has 0 unspecified atom stereocenters. The standard InChI is InChI=1S/C36H26O3P2/c1-5-13-29(14-6-1)40(30-15-7-2-8-16-30)38-27-21-23-35-33(25-27)34-26-28(22-24-36(34)37-35)39-41(31-17-9-3-10-18-31)32-19-11-4-12-20-32/h1-26H. The molecule has 0 N–H and O–H groups in total. The van der Waals surface area contributed by atoms with E-state index in [1.807, 2.05) is 48.5 Å². The van der Waals surface area contributed by atoms with Crippen molar-refractivity contribution >= 4 is 59.5 Å². The first kappa shape index (κ1) is 25.5. The lowest BCUT2D eigenvalue weighted by Crippen LogP contribution is -2.15. The predicted molar refractivity (Wildman–Crippen MR) is 173 cm³/mol. The fraction of sp³-hybridized carbons (Fsp3) is 0. The number of furan rings is 1.